The number of fused-ring (bicyclic) bond motifs is 1. The van der Waals surface area contributed by atoms with Crippen molar-refractivity contribution < 1.29 is 4.74 Å². The van der Waals surface area contributed by atoms with Crippen molar-refractivity contribution >= 4 is 15.9 Å². The van der Waals surface area contributed by atoms with E-state index in [9.17, 15) is 0 Å². The molecule has 1 aliphatic rings. The summed E-state index contributed by atoms with van der Waals surface area (Å²) < 4.78 is 6.02. The van der Waals surface area contributed by atoms with Crippen LogP contribution in [0.4, 0.5) is 0 Å². The summed E-state index contributed by atoms with van der Waals surface area (Å²) in [7, 11) is 2.17. The van der Waals surface area contributed by atoms with Crippen molar-refractivity contribution in [3.05, 3.63) is 29.3 Å². The lowest BCUT2D eigenvalue weighted by molar-refractivity contribution is 0.109. The normalized spacial score (nSPS) is 18.9. The third-order valence-electron chi connectivity index (χ3n) is 3.80. The highest BCUT2D eigenvalue weighted by Gasteiger charge is 2.29. The van der Waals surface area contributed by atoms with E-state index in [2.05, 4.69) is 66.8 Å². The van der Waals surface area contributed by atoms with Crippen LogP contribution in [0.3, 0.4) is 0 Å². The quantitative estimate of drug-likeness (QED) is 0.790. The zero-order valence-electron chi connectivity index (χ0n) is 11.7. The van der Waals surface area contributed by atoms with Gasteiger partial charge in [0, 0.05) is 23.8 Å². The minimum Gasteiger partial charge on any atom is -0.488 e. The second-order valence-corrected chi connectivity index (χ2v) is 6.44. The van der Waals surface area contributed by atoms with Gasteiger partial charge in [-0.1, -0.05) is 33.6 Å². The summed E-state index contributed by atoms with van der Waals surface area (Å²) in [4.78, 5) is 2.37. The molecule has 0 radical (unpaired) electrons. The average Bonchev–Trinajstić information content (AvgIpc) is 2.70. The van der Waals surface area contributed by atoms with Gasteiger partial charge in [0.15, 0.2) is 0 Å². The van der Waals surface area contributed by atoms with Crippen molar-refractivity contribution in [2.24, 2.45) is 0 Å². The Balaban J connectivity index is 2.00. The van der Waals surface area contributed by atoms with E-state index >= 15 is 0 Å². The Labute approximate surface area is 118 Å². The van der Waals surface area contributed by atoms with Gasteiger partial charge in [0.1, 0.15) is 11.9 Å². The van der Waals surface area contributed by atoms with Crippen LogP contribution in [0.5, 0.6) is 5.75 Å². The number of benzene rings is 1. The first-order valence-corrected chi connectivity index (χ1v) is 7.58. The first-order chi connectivity index (χ1) is 8.42. The lowest BCUT2D eigenvalue weighted by Crippen LogP contribution is -2.47. The predicted molar refractivity (Wildman–Crippen MR) is 79.8 cm³/mol. The Hall–Kier alpha value is -0.540. The fourth-order valence-corrected chi connectivity index (χ4v) is 2.63. The van der Waals surface area contributed by atoms with Crippen LogP contribution in [-0.2, 0) is 6.42 Å². The van der Waals surface area contributed by atoms with Crippen LogP contribution in [0.25, 0.3) is 0 Å². The Morgan fingerprint density at radius 3 is 2.83 bits per heavy atom. The molecule has 1 aromatic rings. The van der Waals surface area contributed by atoms with Gasteiger partial charge in [0.2, 0.25) is 0 Å². The highest BCUT2D eigenvalue weighted by Crippen LogP contribution is 2.30. The number of nitrogens with zero attached hydrogens (tertiary/aromatic N) is 1. The molecule has 1 unspecified atom stereocenters. The fourth-order valence-electron chi connectivity index (χ4n) is 2.21. The van der Waals surface area contributed by atoms with E-state index in [1.807, 2.05) is 0 Å². The Kier molecular flexibility index (Phi) is 4.02. The minimum absolute atomic E-state index is 0.161. The van der Waals surface area contributed by atoms with E-state index in [0.717, 1.165) is 24.0 Å². The number of likely N-dealkylation sites (N-methyl/N-ethyl adjacent to an activating group) is 1. The molecular formula is C15H22BrNO. The van der Waals surface area contributed by atoms with Crippen molar-refractivity contribution in [3.8, 4) is 5.75 Å². The highest BCUT2D eigenvalue weighted by atomic mass is 79.9. The van der Waals surface area contributed by atoms with Gasteiger partial charge in [-0.25, -0.2) is 0 Å². The smallest absolute Gasteiger partial charge is 0.123 e. The molecule has 2 rings (SSSR count). The molecule has 1 aromatic carbocycles. The molecule has 1 heterocycles. The maximum atomic E-state index is 6.02. The van der Waals surface area contributed by atoms with Crippen LogP contribution in [0.1, 0.15) is 25.0 Å². The van der Waals surface area contributed by atoms with Gasteiger partial charge in [0.25, 0.3) is 0 Å². The lowest BCUT2D eigenvalue weighted by atomic mass is 10.0. The first kappa shape index (κ1) is 13.9. The summed E-state index contributed by atoms with van der Waals surface area (Å²) in [5.41, 5.74) is 2.82. The van der Waals surface area contributed by atoms with Crippen LogP contribution in [0, 0.1) is 6.92 Å². The number of hydrogen-bond donors (Lipinski definition) is 0. The standard InChI is InChI=1S/C15H22BrNO/c1-11-5-6-14-12(7-11)8-13(18-14)9-17(4)15(2,3)10-16/h5-7,13H,8-10H2,1-4H3. The Bertz CT molecular complexity index is 431. The van der Waals surface area contributed by atoms with Crippen molar-refractivity contribution in [3.63, 3.8) is 0 Å². The average molecular weight is 312 g/mol. The molecule has 18 heavy (non-hydrogen) atoms. The molecule has 1 aliphatic heterocycles. The number of hydrogen-bond acceptors (Lipinski definition) is 2. The molecule has 3 heteroatoms. The summed E-state index contributed by atoms with van der Waals surface area (Å²) in [5.74, 6) is 1.07. The number of rotatable bonds is 4. The molecule has 0 fully saturated rings. The van der Waals surface area contributed by atoms with Crippen molar-refractivity contribution in [1.29, 1.82) is 0 Å². The van der Waals surface area contributed by atoms with E-state index in [0.29, 0.717) is 0 Å². The van der Waals surface area contributed by atoms with Crippen LogP contribution in [-0.4, -0.2) is 35.5 Å². The Morgan fingerprint density at radius 2 is 2.17 bits per heavy atom. The molecule has 0 amide bonds. The zero-order chi connectivity index (χ0) is 13.3. The van der Waals surface area contributed by atoms with Gasteiger partial charge < -0.3 is 4.74 Å². The number of alkyl halides is 1. The van der Waals surface area contributed by atoms with Crippen LogP contribution in [0.15, 0.2) is 18.2 Å². The van der Waals surface area contributed by atoms with Gasteiger partial charge in [-0.05, 0) is 39.4 Å². The number of ether oxygens (including phenoxy) is 1. The first-order valence-electron chi connectivity index (χ1n) is 6.46. The molecule has 0 aromatic heterocycles. The molecule has 0 aliphatic carbocycles. The third-order valence-corrected chi connectivity index (χ3v) is 5.17. The van der Waals surface area contributed by atoms with E-state index in [-0.39, 0.29) is 11.6 Å². The van der Waals surface area contributed by atoms with Gasteiger partial charge in [-0.15, -0.1) is 0 Å². The maximum absolute atomic E-state index is 6.02. The lowest BCUT2D eigenvalue weighted by Gasteiger charge is -2.35. The van der Waals surface area contributed by atoms with Gasteiger partial charge in [0.05, 0.1) is 0 Å². The molecule has 100 valence electrons. The van der Waals surface area contributed by atoms with E-state index in [4.69, 9.17) is 4.74 Å². The molecule has 0 saturated heterocycles. The second kappa shape index (κ2) is 5.22. The van der Waals surface area contributed by atoms with Crippen LogP contribution in [0.2, 0.25) is 0 Å². The summed E-state index contributed by atoms with van der Waals surface area (Å²) in [5, 5.41) is 0.968. The third kappa shape index (κ3) is 2.89. The van der Waals surface area contributed by atoms with Crippen molar-refractivity contribution in [2.45, 2.75) is 38.8 Å². The fraction of sp³-hybridized carbons (Fsp3) is 0.600. The molecular weight excluding hydrogens is 290 g/mol. The molecule has 0 N–H and O–H groups in total. The van der Waals surface area contributed by atoms with Crippen LogP contribution >= 0.6 is 15.9 Å². The van der Waals surface area contributed by atoms with E-state index < -0.39 is 0 Å². The van der Waals surface area contributed by atoms with Gasteiger partial charge in [-0.3, -0.25) is 4.90 Å². The number of halogens is 1. The highest BCUT2D eigenvalue weighted by molar-refractivity contribution is 9.09. The van der Waals surface area contributed by atoms with Crippen LogP contribution < -0.4 is 4.74 Å². The zero-order valence-corrected chi connectivity index (χ0v) is 13.3. The van der Waals surface area contributed by atoms with Gasteiger partial charge >= 0.3 is 0 Å². The molecule has 2 nitrogen and oxygen atoms in total. The number of aryl methyl sites for hydroxylation is 1. The largest absolute Gasteiger partial charge is 0.488 e. The molecule has 0 spiro atoms. The van der Waals surface area contributed by atoms with Crippen molar-refractivity contribution in [1.82, 2.24) is 4.90 Å². The molecule has 0 saturated carbocycles. The summed E-state index contributed by atoms with van der Waals surface area (Å²) >= 11 is 3.58. The monoisotopic (exact) mass is 311 g/mol. The van der Waals surface area contributed by atoms with E-state index in [1.54, 1.807) is 0 Å². The molecule has 1 atom stereocenters. The molecule has 0 bridgehead atoms. The maximum Gasteiger partial charge on any atom is 0.123 e. The predicted octanol–water partition coefficient (Wildman–Crippen LogP) is 3.40. The second-order valence-electron chi connectivity index (χ2n) is 5.88. The summed E-state index contributed by atoms with van der Waals surface area (Å²) in [6.45, 7) is 7.59. The van der Waals surface area contributed by atoms with E-state index in [1.165, 1.54) is 11.1 Å². The SMILES string of the molecule is Cc1ccc2c(c1)CC(CN(C)C(C)(C)CBr)O2. The topological polar surface area (TPSA) is 12.5 Å². The summed E-state index contributed by atoms with van der Waals surface area (Å²) in [6.07, 6.45) is 1.31. The van der Waals surface area contributed by atoms with Crippen molar-refractivity contribution in [2.75, 3.05) is 18.9 Å². The minimum atomic E-state index is 0.161. The summed E-state index contributed by atoms with van der Waals surface area (Å²) in [6, 6.07) is 6.46. The van der Waals surface area contributed by atoms with Gasteiger partial charge in [-0.2, -0.15) is 0 Å². The Morgan fingerprint density at radius 1 is 1.44 bits per heavy atom.